The number of para-hydroxylation sites is 1. The summed E-state index contributed by atoms with van der Waals surface area (Å²) in [5, 5.41) is 3.06. The van der Waals surface area contributed by atoms with Crippen LogP contribution < -0.4 is 11.1 Å². The number of carbonyl (C=O) groups excluding carboxylic acids is 1. The van der Waals surface area contributed by atoms with Crippen LogP contribution in [0.25, 0.3) is 0 Å². The molecule has 0 aliphatic carbocycles. The predicted octanol–water partition coefficient (Wildman–Crippen LogP) is 3.80. The minimum atomic E-state index is -0.623. The van der Waals surface area contributed by atoms with Gasteiger partial charge >= 0.3 is 0 Å². The number of aryl methyl sites for hydroxylation is 2. The van der Waals surface area contributed by atoms with Crippen LogP contribution in [0, 0.1) is 13.8 Å². The highest BCUT2D eigenvalue weighted by Gasteiger charge is 2.30. The zero-order valence-corrected chi connectivity index (χ0v) is 13.0. The summed E-state index contributed by atoms with van der Waals surface area (Å²) in [5.41, 5.74) is 9.76. The quantitative estimate of drug-likeness (QED) is 0.841. The van der Waals surface area contributed by atoms with Gasteiger partial charge in [-0.3, -0.25) is 4.79 Å². The van der Waals surface area contributed by atoms with Gasteiger partial charge in [0.2, 0.25) is 5.91 Å². The Morgan fingerprint density at radius 3 is 2.05 bits per heavy atom. The number of anilines is 2. The van der Waals surface area contributed by atoms with Crippen molar-refractivity contribution in [1.82, 2.24) is 0 Å². The van der Waals surface area contributed by atoms with E-state index < -0.39 is 5.41 Å². The zero-order valence-electron chi connectivity index (χ0n) is 13.0. The molecule has 0 saturated heterocycles. The van der Waals surface area contributed by atoms with Crippen LogP contribution in [0.3, 0.4) is 0 Å². The maximum absolute atomic E-state index is 12.7. The first-order chi connectivity index (χ1) is 9.82. The summed E-state index contributed by atoms with van der Waals surface area (Å²) in [5.74, 6) is -0.0235. The Labute approximate surface area is 126 Å². The summed E-state index contributed by atoms with van der Waals surface area (Å²) >= 11 is 0. The van der Waals surface area contributed by atoms with E-state index in [-0.39, 0.29) is 5.91 Å². The third-order valence-electron chi connectivity index (χ3n) is 3.92. The largest absolute Gasteiger partial charge is 0.399 e. The van der Waals surface area contributed by atoms with Gasteiger partial charge in [-0.25, -0.2) is 0 Å². The highest BCUT2D eigenvalue weighted by molar-refractivity contribution is 5.99. The molecular formula is C18H22N2O. The molecule has 2 rings (SSSR count). The second kappa shape index (κ2) is 5.60. The Morgan fingerprint density at radius 1 is 1.00 bits per heavy atom. The van der Waals surface area contributed by atoms with Crippen molar-refractivity contribution in [3.8, 4) is 0 Å². The fraction of sp³-hybridized carbons (Fsp3) is 0.278. The molecule has 0 aliphatic rings. The third kappa shape index (κ3) is 3.07. The van der Waals surface area contributed by atoms with Crippen LogP contribution in [-0.2, 0) is 10.2 Å². The molecule has 21 heavy (non-hydrogen) atoms. The van der Waals surface area contributed by atoms with Crippen LogP contribution >= 0.6 is 0 Å². The van der Waals surface area contributed by atoms with Crippen LogP contribution in [0.4, 0.5) is 11.4 Å². The molecule has 1 amide bonds. The van der Waals surface area contributed by atoms with Crippen LogP contribution in [0.1, 0.15) is 30.5 Å². The molecule has 3 nitrogen and oxygen atoms in total. The first kappa shape index (κ1) is 15.1. The summed E-state index contributed by atoms with van der Waals surface area (Å²) in [6.07, 6.45) is 0. The summed E-state index contributed by atoms with van der Waals surface area (Å²) < 4.78 is 0. The molecule has 2 aromatic carbocycles. The lowest BCUT2D eigenvalue weighted by Crippen LogP contribution is -2.35. The van der Waals surface area contributed by atoms with Crippen molar-refractivity contribution in [3.05, 3.63) is 59.2 Å². The van der Waals surface area contributed by atoms with Gasteiger partial charge in [0, 0.05) is 11.4 Å². The molecular weight excluding hydrogens is 260 g/mol. The van der Waals surface area contributed by atoms with Crippen molar-refractivity contribution < 1.29 is 4.79 Å². The van der Waals surface area contributed by atoms with Crippen molar-refractivity contribution in [2.24, 2.45) is 0 Å². The van der Waals surface area contributed by atoms with E-state index in [0.29, 0.717) is 5.69 Å². The molecule has 0 radical (unpaired) electrons. The molecule has 3 heteroatoms. The third-order valence-corrected chi connectivity index (χ3v) is 3.92. The summed E-state index contributed by atoms with van der Waals surface area (Å²) in [7, 11) is 0. The van der Waals surface area contributed by atoms with Crippen LogP contribution in [-0.4, -0.2) is 5.91 Å². The molecule has 0 heterocycles. The molecule has 0 unspecified atom stereocenters. The van der Waals surface area contributed by atoms with Crippen LogP contribution in [0.5, 0.6) is 0 Å². The fourth-order valence-corrected chi connectivity index (χ4v) is 2.31. The standard InChI is InChI=1S/C18H22N2O/c1-12-6-5-7-13(2)16(12)20-17(21)18(3,4)14-8-10-15(19)11-9-14/h5-11H,19H2,1-4H3,(H,20,21). The number of carbonyl (C=O) groups is 1. The molecule has 0 fully saturated rings. The number of nitrogen functional groups attached to an aromatic ring is 1. The smallest absolute Gasteiger partial charge is 0.234 e. The number of amides is 1. The second-order valence-electron chi connectivity index (χ2n) is 5.97. The maximum atomic E-state index is 12.7. The summed E-state index contributed by atoms with van der Waals surface area (Å²) in [6.45, 7) is 7.83. The minimum Gasteiger partial charge on any atom is -0.399 e. The summed E-state index contributed by atoms with van der Waals surface area (Å²) in [4.78, 5) is 12.7. The molecule has 0 atom stereocenters. The van der Waals surface area contributed by atoms with Crippen molar-refractivity contribution in [2.75, 3.05) is 11.1 Å². The van der Waals surface area contributed by atoms with Crippen molar-refractivity contribution in [3.63, 3.8) is 0 Å². The van der Waals surface area contributed by atoms with Crippen molar-refractivity contribution >= 4 is 17.3 Å². The van der Waals surface area contributed by atoms with Crippen molar-refractivity contribution in [1.29, 1.82) is 0 Å². The SMILES string of the molecule is Cc1cccc(C)c1NC(=O)C(C)(C)c1ccc(N)cc1. The number of hydrogen-bond acceptors (Lipinski definition) is 2. The molecule has 0 saturated carbocycles. The van der Waals surface area contributed by atoms with E-state index in [9.17, 15) is 4.79 Å². The Kier molecular flexibility index (Phi) is 4.03. The van der Waals surface area contributed by atoms with Gasteiger partial charge in [0.05, 0.1) is 5.41 Å². The normalized spacial score (nSPS) is 11.2. The molecule has 0 spiro atoms. The molecule has 0 aromatic heterocycles. The average molecular weight is 282 g/mol. The van der Waals surface area contributed by atoms with Gasteiger partial charge in [0.1, 0.15) is 0 Å². The summed E-state index contributed by atoms with van der Waals surface area (Å²) in [6, 6.07) is 13.4. The van der Waals surface area contributed by atoms with Gasteiger partial charge < -0.3 is 11.1 Å². The maximum Gasteiger partial charge on any atom is 0.234 e. The van der Waals surface area contributed by atoms with Gasteiger partial charge in [-0.1, -0.05) is 30.3 Å². The topological polar surface area (TPSA) is 55.1 Å². The van der Waals surface area contributed by atoms with E-state index in [1.807, 2.05) is 70.2 Å². The van der Waals surface area contributed by atoms with Crippen LogP contribution in [0.15, 0.2) is 42.5 Å². The first-order valence-corrected chi connectivity index (χ1v) is 7.06. The van der Waals surface area contributed by atoms with E-state index in [4.69, 9.17) is 5.73 Å². The van der Waals surface area contributed by atoms with Gasteiger partial charge in [0.25, 0.3) is 0 Å². The lowest BCUT2D eigenvalue weighted by Gasteiger charge is -2.25. The van der Waals surface area contributed by atoms with E-state index in [0.717, 1.165) is 22.4 Å². The molecule has 110 valence electrons. The average Bonchev–Trinajstić information content (AvgIpc) is 2.43. The van der Waals surface area contributed by atoms with E-state index >= 15 is 0 Å². The number of nitrogens with one attached hydrogen (secondary N) is 1. The zero-order chi connectivity index (χ0) is 15.6. The monoisotopic (exact) mass is 282 g/mol. The molecule has 0 aliphatic heterocycles. The van der Waals surface area contributed by atoms with E-state index in [2.05, 4.69) is 5.32 Å². The lowest BCUT2D eigenvalue weighted by atomic mass is 9.83. The number of rotatable bonds is 3. The van der Waals surface area contributed by atoms with Gasteiger partial charge in [-0.2, -0.15) is 0 Å². The first-order valence-electron chi connectivity index (χ1n) is 7.06. The Bertz CT molecular complexity index is 637. The van der Waals surface area contributed by atoms with Gasteiger partial charge in [0.15, 0.2) is 0 Å². The van der Waals surface area contributed by atoms with E-state index in [1.165, 1.54) is 0 Å². The Hall–Kier alpha value is -2.29. The van der Waals surface area contributed by atoms with E-state index in [1.54, 1.807) is 0 Å². The molecule has 3 N–H and O–H groups in total. The highest BCUT2D eigenvalue weighted by Crippen LogP contribution is 2.28. The number of hydrogen-bond donors (Lipinski definition) is 2. The fourth-order valence-electron chi connectivity index (χ4n) is 2.31. The van der Waals surface area contributed by atoms with Crippen molar-refractivity contribution in [2.45, 2.75) is 33.1 Å². The second-order valence-corrected chi connectivity index (χ2v) is 5.97. The Morgan fingerprint density at radius 2 is 1.52 bits per heavy atom. The lowest BCUT2D eigenvalue weighted by molar-refractivity contribution is -0.120. The number of benzene rings is 2. The highest BCUT2D eigenvalue weighted by atomic mass is 16.2. The molecule has 2 aromatic rings. The molecule has 0 bridgehead atoms. The van der Waals surface area contributed by atoms with Crippen LogP contribution in [0.2, 0.25) is 0 Å². The predicted molar refractivity (Wildman–Crippen MR) is 88.4 cm³/mol. The Balaban J connectivity index is 2.28. The minimum absolute atomic E-state index is 0.0235. The van der Waals surface area contributed by atoms with Gasteiger partial charge in [-0.15, -0.1) is 0 Å². The van der Waals surface area contributed by atoms with Gasteiger partial charge in [-0.05, 0) is 56.5 Å². The number of nitrogens with two attached hydrogens (primary N) is 1.